The third-order valence-corrected chi connectivity index (χ3v) is 1.66. The number of primary amides is 1. The summed E-state index contributed by atoms with van der Waals surface area (Å²) in [5.74, 6) is 0. The minimum atomic E-state index is -0.932. The van der Waals surface area contributed by atoms with E-state index in [1.165, 1.54) is 0 Å². The molecule has 0 spiro atoms. The van der Waals surface area contributed by atoms with Crippen LogP contribution >= 0.6 is 0 Å². The lowest BCUT2D eigenvalue weighted by Crippen LogP contribution is -2.35. The Bertz CT molecular complexity index is 297. The summed E-state index contributed by atoms with van der Waals surface area (Å²) < 4.78 is 13.7. The predicted molar refractivity (Wildman–Crippen MR) is 64.5 cm³/mol. The van der Waals surface area contributed by atoms with Gasteiger partial charge in [-0.2, -0.15) is 0 Å². The molecule has 0 unspecified atom stereocenters. The van der Waals surface area contributed by atoms with E-state index in [2.05, 4.69) is 20.1 Å². The summed E-state index contributed by atoms with van der Waals surface area (Å²) in [6, 6.07) is 0. The topological polar surface area (TPSA) is 129 Å². The van der Waals surface area contributed by atoms with Gasteiger partial charge >= 0.3 is 18.3 Å². The maximum atomic E-state index is 11.1. The van der Waals surface area contributed by atoms with Gasteiger partial charge < -0.3 is 30.6 Å². The highest BCUT2D eigenvalue weighted by Crippen LogP contribution is 1.82. The highest BCUT2D eigenvalue weighted by atomic mass is 16.6. The van der Waals surface area contributed by atoms with Crippen molar-refractivity contribution in [1.82, 2.24) is 10.6 Å². The lowest BCUT2D eigenvalue weighted by atomic mass is 10.5. The first-order valence-corrected chi connectivity index (χ1v) is 5.79. The van der Waals surface area contributed by atoms with Crippen molar-refractivity contribution in [3.05, 3.63) is 0 Å². The number of carbonyl (C=O) groups is 3. The Morgan fingerprint density at radius 2 is 1.37 bits per heavy atom. The normalized spacial score (nSPS) is 9.32. The molecule has 0 aromatic heterocycles. The number of amides is 3. The van der Waals surface area contributed by atoms with E-state index < -0.39 is 18.3 Å². The van der Waals surface area contributed by atoms with Crippen molar-refractivity contribution in [3.63, 3.8) is 0 Å². The van der Waals surface area contributed by atoms with Crippen molar-refractivity contribution < 1.29 is 28.6 Å². The first-order valence-electron chi connectivity index (χ1n) is 5.79. The van der Waals surface area contributed by atoms with E-state index in [-0.39, 0.29) is 26.3 Å². The second-order valence-corrected chi connectivity index (χ2v) is 3.29. The molecule has 0 aromatic carbocycles. The summed E-state index contributed by atoms with van der Waals surface area (Å²) in [5, 5.41) is 4.82. The SMILES string of the molecule is CCCOC(=O)NCCNC(=O)OCCOC(N)=O. The van der Waals surface area contributed by atoms with Crippen LogP contribution in [0.4, 0.5) is 14.4 Å². The van der Waals surface area contributed by atoms with Crippen LogP contribution in [0.25, 0.3) is 0 Å². The van der Waals surface area contributed by atoms with Crippen molar-refractivity contribution in [3.8, 4) is 0 Å². The monoisotopic (exact) mass is 277 g/mol. The Kier molecular flexibility index (Phi) is 9.67. The molecule has 0 heterocycles. The molecule has 0 saturated carbocycles. The van der Waals surface area contributed by atoms with Gasteiger partial charge in [-0.3, -0.25) is 0 Å². The summed E-state index contributed by atoms with van der Waals surface area (Å²) in [5.41, 5.74) is 4.70. The van der Waals surface area contributed by atoms with Crippen LogP contribution in [0.1, 0.15) is 13.3 Å². The summed E-state index contributed by atoms with van der Waals surface area (Å²) in [7, 11) is 0. The summed E-state index contributed by atoms with van der Waals surface area (Å²) in [6.45, 7) is 2.44. The summed E-state index contributed by atoms with van der Waals surface area (Å²) >= 11 is 0. The molecule has 19 heavy (non-hydrogen) atoms. The molecule has 0 atom stereocenters. The third-order valence-electron chi connectivity index (χ3n) is 1.66. The van der Waals surface area contributed by atoms with E-state index in [4.69, 9.17) is 10.5 Å². The van der Waals surface area contributed by atoms with Gasteiger partial charge in [-0.1, -0.05) is 6.92 Å². The number of rotatable bonds is 8. The molecular weight excluding hydrogens is 258 g/mol. The molecule has 0 rings (SSSR count). The third kappa shape index (κ3) is 12.1. The summed E-state index contributed by atoms with van der Waals surface area (Å²) in [4.78, 5) is 32.2. The molecule has 3 amide bonds. The molecule has 0 aliphatic rings. The van der Waals surface area contributed by atoms with Crippen molar-refractivity contribution >= 4 is 18.3 Å². The van der Waals surface area contributed by atoms with Crippen molar-refractivity contribution in [2.24, 2.45) is 5.73 Å². The minimum absolute atomic E-state index is 0.0965. The number of carbonyl (C=O) groups excluding carboxylic acids is 3. The fourth-order valence-corrected chi connectivity index (χ4v) is 0.903. The van der Waals surface area contributed by atoms with E-state index in [0.717, 1.165) is 6.42 Å². The molecule has 0 aliphatic heterocycles. The van der Waals surface area contributed by atoms with Crippen LogP contribution in [0.5, 0.6) is 0 Å². The van der Waals surface area contributed by atoms with Gasteiger partial charge in [0.2, 0.25) is 0 Å². The smallest absolute Gasteiger partial charge is 0.407 e. The number of nitrogens with two attached hydrogens (primary N) is 1. The first-order chi connectivity index (χ1) is 9.06. The lowest BCUT2D eigenvalue weighted by molar-refractivity contribution is 0.100. The molecule has 9 heteroatoms. The zero-order chi connectivity index (χ0) is 14.5. The molecule has 9 nitrogen and oxygen atoms in total. The van der Waals surface area contributed by atoms with E-state index in [1.807, 2.05) is 6.92 Å². The largest absolute Gasteiger partial charge is 0.450 e. The van der Waals surface area contributed by atoms with Gasteiger partial charge in [-0.05, 0) is 6.42 Å². The second-order valence-electron chi connectivity index (χ2n) is 3.29. The van der Waals surface area contributed by atoms with Crippen LogP contribution in [-0.4, -0.2) is 51.2 Å². The van der Waals surface area contributed by atoms with Gasteiger partial charge in [-0.15, -0.1) is 0 Å². The molecule has 110 valence electrons. The Morgan fingerprint density at radius 1 is 0.895 bits per heavy atom. The molecule has 0 bridgehead atoms. The Morgan fingerprint density at radius 3 is 1.84 bits per heavy atom. The number of hydrogen-bond acceptors (Lipinski definition) is 6. The quantitative estimate of drug-likeness (QED) is 0.421. The lowest BCUT2D eigenvalue weighted by Gasteiger charge is -2.08. The fourth-order valence-electron chi connectivity index (χ4n) is 0.903. The maximum absolute atomic E-state index is 11.1. The Labute approximate surface area is 110 Å². The molecule has 0 aliphatic carbocycles. The number of alkyl carbamates (subject to hydrolysis) is 2. The van der Waals surface area contributed by atoms with Gasteiger partial charge in [0, 0.05) is 13.1 Å². The Hall–Kier alpha value is -2.19. The number of ether oxygens (including phenoxy) is 3. The Balaban J connectivity index is 3.38. The maximum Gasteiger partial charge on any atom is 0.407 e. The van der Waals surface area contributed by atoms with Crippen LogP contribution in [0, 0.1) is 0 Å². The molecule has 0 aromatic rings. The molecular formula is C10H19N3O6. The number of nitrogens with one attached hydrogen (secondary N) is 2. The van der Waals surface area contributed by atoms with Crippen LogP contribution in [0.3, 0.4) is 0 Å². The van der Waals surface area contributed by atoms with Crippen LogP contribution in [-0.2, 0) is 14.2 Å². The van der Waals surface area contributed by atoms with E-state index >= 15 is 0 Å². The average Bonchev–Trinajstić information content (AvgIpc) is 2.37. The average molecular weight is 277 g/mol. The van der Waals surface area contributed by atoms with Crippen molar-refractivity contribution in [1.29, 1.82) is 0 Å². The zero-order valence-electron chi connectivity index (χ0n) is 10.8. The van der Waals surface area contributed by atoms with Crippen molar-refractivity contribution in [2.45, 2.75) is 13.3 Å². The highest BCUT2D eigenvalue weighted by molar-refractivity contribution is 5.68. The highest BCUT2D eigenvalue weighted by Gasteiger charge is 2.03. The molecule has 4 N–H and O–H groups in total. The first kappa shape index (κ1) is 16.8. The van der Waals surface area contributed by atoms with Crippen LogP contribution < -0.4 is 16.4 Å². The van der Waals surface area contributed by atoms with E-state index in [0.29, 0.717) is 6.61 Å². The molecule has 0 saturated heterocycles. The fraction of sp³-hybridized carbons (Fsp3) is 0.700. The molecule has 0 fully saturated rings. The van der Waals surface area contributed by atoms with Crippen molar-refractivity contribution in [2.75, 3.05) is 32.9 Å². The van der Waals surface area contributed by atoms with Gasteiger partial charge in [0.25, 0.3) is 0 Å². The van der Waals surface area contributed by atoms with E-state index in [9.17, 15) is 14.4 Å². The standard InChI is InChI=1S/C10H19N3O6/c1-2-5-18-9(15)12-3-4-13-10(16)19-7-6-17-8(11)14/h2-7H2,1H3,(H2,11,14)(H,12,15)(H,13,16). The second kappa shape index (κ2) is 10.9. The predicted octanol–water partition coefficient (Wildman–Crippen LogP) is -0.0559. The molecule has 0 radical (unpaired) electrons. The van der Waals surface area contributed by atoms with Gasteiger partial charge in [0.15, 0.2) is 0 Å². The van der Waals surface area contributed by atoms with Gasteiger partial charge in [-0.25, -0.2) is 14.4 Å². The van der Waals surface area contributed by atoms with Gasteiger partial charge in [0.05, 0.1) is 6.61 Å². The van der Waals surface area contributed by atoms with Crippen LogP contribution in [0.2, 0.25) is 0 Å². The van der Waals surface area contributed by atoms with Gasteiger partial charge in [0.1, 0.15) is 13.2 Å². The van der Waals surface area contributed by atoms with Crippen LogP contribution in [0.15, 0.2) is 0 Å². The minimum Gasteiger partial charge on any atom is -0.450 e. The summed E-state index contributed by atoms with van der Waals surface area (Å²) in [6.07, 6.45) is -1.41. The number of hydrogen-bond donors (Lipinski definition) is 3. The van der Waals surface area contributed by atoms with E-state index in [1.54, 1.807) is 0 Å². The zero-order valence-corrected chi connectivity index (χ0v) is 10.8.